The molecule has 4 rings (SSSR count). The smallest absolute Gasteiger partial charge is 0.250 e. The van der Waals surface area contributed by atoms with Gasteiger partial charge in [-0.2, -0.15) is 0 Å². The highest BCUT2D eigenvalue weighted by molar-refractivity contribution is 6.11. The van der Waals surface area contributed by atoms with Crippen molar-refractivity contribution in [2.45, 2.75) is 45.2 Å². The summed E-state index contributed by atoms with van der Waals surface area (Å²) in [5.74, 6) is 0.385. The van der Waals surface area contributed by atoms with Gasteiger partial charge in [0.05, 0.1) is 13.0 Å². The lowest BCUT2D eigenvalue weighted by Gasteiger charge is -2.29. The first-order valence-electron chi connectivity index (χ1n) is 10.5. The van der Waals surface area contributed by atoms with Gasteiger partial charge in [-0.05, 0) is 55.5 Å². The number of ether oxygens (including phenoxy) is 1. The average Bonchev–Trinajstić information content (AvgIpc) is 3.22. The lowest BCUT2D eigenvalue weighted by molar-refractivity contribution is -0.130. The first-order chi connectivity index (χ1) is 14.3. The highest BCUT2D eigenvalue weighted by Gasteiger charge is 2.60. The van der Waals surface area contributed by atoms with Crippen molar-refractivity contribution in [3.63, 3.8) is 0 Å². The van der Waals surface area contributed by atoms with E-state index < -0.39 is 11.5 Å². The monoisotopic (exact) mass is 407 g/mol. The number of hydrogen-bond donors (Lipinski definition) is 3. The zero-order valence-electron chi connectivity index (χ0n) is 17.9. The van der Waals surface area contributed by atoms with Crippen LogP contribution in [0.3, 0.4) is 0 Å². The van der Waals surface area contributed by atoms with Crippen LogP contribution in [-0.2, 0) is 15.1 Å². The molecule has 6 heteroatoms. The van der Waals surface area contributed by atoms with Crippen LogP contribution in [0, 0.1) is 18.8 Å². The number of carbonyl (C=O) groups excluding carboxylic acids is 2. The lowest BCUT2D eigenvalue weighted by Crippen LogP contribution is -2.52. The fraction of sp³-hybridized carbons (Fsp3) is 0.417. The molecule has 2 aliphatic rings. The van der Waals surface area contributed by atoms with Gasteiger partial charge in [-0.1, -0.05) is 32.0 Å². The number of aryl methyl sites for hydroxylation is 1. The maximum absolute atomic E-state index is 13.4. The number of carbonyl (C=O) groups is 2. The standard InChI is InChI=1S/C24H29N3O3/c1-14(2)12-17-13-20(22(28)25-16-8-10-18(30-4)11-9-16)24(27-17)19-7-5-6-15(3)21(19)26-23(24)29/h5-11,14,17,20,27H,12-13H2,1-4H3,(H,25,28)(H,26,29). The third kappa shape index (κ3) is 3.35. The minimum atomic E-state index is -1.04. The van der Waals surface area contributed by atoms with Crippen molar-refractivity contribution in [1.82, 2.24) is 5.32 Å². The fourth-order valence-electron chi connectivity index (χ4n) is 4.86. The highest BCUT2D eigenvalue weighted by atomic mass is 16.5. The molecule has 2 heterocycles. The number of rotatable bonds is 5. The summed E-state index contributed by atoms with van der Waals surface area (Å²) in [6, 6.07) is 13.2. The Kier molecular flexibility index (Phi) is 5.28. The number of nitrogens with one attached hydrogen (secondary N) is 3. The molecule has 158 valence electrons. The summed E-state index contributed by atoms with van der Waals surface area (Å²) in [5, 5.41) is 9.62. The van der Waals surface area contributed by atoms with E-state index in [4.69, 9.17) is 4.74 Å². The van der Waals surface area contributed by atoms with Crippen LogP contribution in [0.4, 0.5) is 11.4 Å². The van der Waals surface area contributed by atoms with Crippen LogP contribution in [0.15, 0.2) is 42.5 Å². The molecule has 0 saturated carbocycles. The summed E-state index contributed by atoms with van der Waals surface area (Å²) < 4.78 is 5.19. The van der Waals surface area contributed by atoms with Gasteiger partial charge < -0.3 is 15.4 Å². The summed E-state index contributed by atoms with van der Waals surface area (Å²) in [6.45, 7) is 6.29. The minimum absolute atomic E-state index is 0.0915. The second-order valence-corrected chi connectivity index (χ2v) is 8.74. The zero-order chi connectivity index (χ0) is 21.5. The SMILES string of the molecule is COc1ccc(NC(=O)C2CC(CC(C)C)NC23C(=O)Nc2c(C)cccc23)cc1. The molecule has 6 nitrogen and oxygen atoms in total. The van der Waals surface area contributed by atoms with E-state index in [1.807, 2.05) is 37.3 Å². The molecule has 0 bridgehead atoms. The Morgan fingerprint density at radius 2 is 1.97 bits per heavy atom. The van der Waals surface area contributed by atoms with E-state index in [0.29, 0.717) is 18.0 Å². The molecule has 0 radical (unpaired) electrons. The zero-order valence-corrected chi connectivity index (χ0v) is 17.9. The molecule has 1 saturated heterocycles. The molecule has 3 unspecified atom stereocenters. The summed E-state index contributed by atoms with van der Waals surface area (Å²) in [6.07, 6.45) is 1.52. The van der Waals surface area contributed by atoms with Gasteiger partial charge in [0, 0.05) is 23.0 Å². The molecule has 1 spiro atoms. The summed E-state index contributed by atoms with van der Waals surface area (Å²) in [4.78, 5) is 26.8. The molecule has 0 aliphatic carbocycles. The van der Waals surface area contributed by atoms with Gasteiger partial charge in [-0.3, -0.25) is 14.9 Å². The maximum atomic E-state index is 13.4. The lowest BCUT2D eigenvalue weighted by atomic mass is 9.79. The number of anilines is 2. The second kappa shape index (κ2) is 7.76. The van der Waals surface area contributed by atoms with E-state index in [1.54, 1.807) is 19.2 Å². The Hall–Kier alpha value is -2.86. The number of fused-ring (bicyclic) bond motifs is 2. The van der Waals surface area contributed by atoms with Crippen molar-refractivity contribution in [2.24, 2.45) is 11.8 Å². The van der Waals surface area contributed by atoms with Crippen LogP contribution < -0.4 is 20.7 Å². The number of amides is 2. The number of benzene rings is 2. The molecule has 2 aliphatic heterocycles. The molecule has 2 amide bonds. The van der Waals surface area contributed by atoms with Crippen molar-refractivity contribution in [3.8, 4) is 5.75 Å². The van der Waals surface area contributed by atoms with Crippen LogP contribution in [0.1, 0.15) is 37.8 Å². The predicted molar refractivity (Wildman–Crippen MR) is 118 cm³/mol. The molecule has 3 N–H and O–H groups in total. The Morgan fingerprint density at radius 1 is 1.23 bits per heavy atom. The van der Waals surface area contributed by atoms with Crippen LogP contribution in [0.25, 0.3) is 0 Å². The fourth-order valence-corrected chi connectivity index (χ4v) is 4.86. The molecule has 2 aromatic rings. The second-order valence-electron chi connectivity index (χ2n) is 8.74. The first kappa shape index (κ1) is 20.4. The van der Waals surface area contributed by atoms with Gasteiger partial charge in [0.25, 0.3) is 0 Å². The number of methoxy groups -OCH3 is 1. The molecule has 3 atom stereocenters. The molecule has 2 aromatic carbocycles. The third-order valence-corrected chi connectivity index (χ3v) is 6.20. The van der Waals surface area contributed by atoms with Crippen molar-refractivity contribution in [3.05, 3.63) is 53.6 Å². The number of para-hydroxylation sites is 1. The summed E-state index contributed by atoms with van der Waals surface area (Å²) in [5.41, 5.74) is 2.33. The topological polar surface area (TPSA) is 79.5 Å². The molecular formula is C24H29N3O3. The van der Waals surface area contributed by atoms with E-state index in [1.165, 1.54) is 0 Å². The largest absolute Gasteiger partial charge is 0.497 e. The highest BCUT2D eigenvalue weighted by Crippen LogP contribution is 2.48. The van der Waals surface area contributed by atoms with Gasteiger partial charge in [0.15, 0.2) is 0 Å². The van der Waals surface area contributed by atoms with Gasteiger partial charge in [-0.15, -0.1) is 0 Å². The predicted octanol–water partition coefficient (Wildman–Crippen LogP) is 3.81. The van der Waals surface area contributed by atoms with Gasteiger partial charge in [0.2, 0.25) is 11.8 Å². The van der Waals surface area contributed by atoms with E-state index in [2.05, 4.69) is 29.8 Å². The van der Waals surface area contributed by atoms with Crippen LogP contribution in [0.5, 0.6) is 5.75 Å². The molecular weight excluding hydrogens is 378 g/mol. The minimum Gasteiger partial charge on any atom is -0.497 e. The quantitative estimate of drug-likeness (QED) is 0.704. The van der Waals surface area contributed by atoms with Crippen molar-refractivity contribution >= 4 is 23.2 Å². The Labute approximate surface area is 177 Å². The van der Waals surface area contributed by atoms with Crippen molar-refractivity contribution < 1.29 is 14.3 Å². The van der Waals surface area contributed by atoms with E-state index in [-0.39, 0.29) is 17.9 Å². The van der Waals surface area contributed by atoms with Crippen LogP contribution >= 0.6 is 0 Å². The average molecular weight is 408 g/mol. The molecule has 1 fully saturated rings. The summed E-state index contributed by atoms with van der Waals surface area (Å²) in [7, 11) is 1.61. The van der Waals surface area contributed by atoms with Gasteiger partial charge >= 0.3 is 0 Å². The van der Waals surface area contributed by atoms with Crippen LogP contribution in [-0.4, -0.2) is 25.0 Å². The van der Waals surface area contributed by atoms with Crippen molar-refractivity contribution in [1.29, 1.82) is 0 Å². The third-order valence-electron chi connectivity index (χ3n) is 6.20. The number of hydrogen-bond acceptors (Lipinski definition) is 4. The maximum Gasteiger partial charge on any atom is 0.250 e. The summed E-state index contributed by atoms with van der Waals surface area (Å²) >= 11 is 0. The van der Waals surface area contributed by atoms with E-state index in [0.717, 1.165) is 29.0 Å². The van der Waals surface area contributed by atoms with Crippen molar-refractivity contribution in [2.75, 3.05) is 17.7 Å². The Balaban J connectivity index is 1.70. The molecule has 0 aromatic heterocycles. The van der Waals surface area contributed by atoms with Gasteiger partial charge in [0.1, 0.15) is 11.3 Å². The van der Waals surface area contributed by atoms with Crippen LogP contribution in [0.2, 0.25) is 0 Å². The van der Waals surface area contributed by atoms with Gasteiger partial charge in [-0.25, -0.2) is 0 Å². The Morgan fingerprint density at radius 3 is 2.63 bits per heavy atom. The molecule has 30 heavy (non-hydrogen) atoms. The van der Waals surface area contributed by atoms with E-state index in [9.17, 15) is 9.59 Å². The normalized spacial score (nSPS) is 24.8. The Bertz CT molecular complexity index is 970. The first-order valence-corrected chi connectivity index (χ1v) is 10.5. The van der Waals surface area contributed by atoms with E-state index >= 15 is 0 Å².